The van der Waals surface area contributed by atoms with Crippen molar-refractivity contribution in [1.29, 1.82) is 0 Å². The summed E-state index contributed by atoms with van der Waals surface area (Å²) in [4.78, 5) is 0. The monoisotopic (exact) mass is 118 g/mol. The molecule has 0 radical (unpaired) electrons. The van der Waals surface area contributed by atoms with Gasteiger partial charge in [0.25, 0.3) is 0 Å². The SMILES string of the molecule is CC1(CS)C[SiH2]1. The molecule has 0 nitrogen and oxygen atoms in total. The quantitative estimate of drug-likeness (QED) is 0.380. The van der Waals surface area contributed by atoms with Crippen molar-refractivity contribution in [3.63, 3.8) is 0 Å². The van der Waals surface area contributed by atoms with E-state index in [9.17, 15) is 0 Å². The van der Waals surface area contributed by atoms with Gasteiger partial charge in [-0.3, -0.25) is 0 Å². The van der Waals surface area contributed by atoms with Crippen molar-refractivity contribution >= 4 is 22.1 Å². The van der Waals surface area contributed by atoms with Gasteiger partial charge in [0.15, 0.2) is 0 Å². The van der Waals surface area contributed by atoms with Crippen LogP contribution in [0.2, 0.25) is 11.1 Å². The molecule has 6 heavy (non-hydrogen) atoms. The van der Waals surface area contributed by atoms with E-state index >= 15 is 0 Å². The molecule has 36 valence electrons. The Balaban J connectivity index is 2.28. The van der Waals surface area contributed by atoms with Crippen LogP contribution in [0.3, 0.4) is 0 Å². The van der Waals surface area contributed by atoms with Gasteiger partial charge in [0.05, 0.1) is 0 Å². The van der Waals surface area contributed by atoms with Gasteiger partial charge in [0.1, 0.15) is 0 Å². The summed E-state index contributed by atoms with van der Waals surface area (Å²) < 4.78 is 0. The zero-order valence-corrected chi connectivity index (χ0v) is 6.38. The van der Waals surface area contributed by atoms with Crippen molar-refractivity contribution in [2.45, 2.75) is 18.0 Å². The van der Waals surface area contributed by atoms with E-state index in [0.717, 1.165) is 10.8 Å². The molecule has 1 unspecified atom stereocenters. The first-order valence-corrected chi connectivity index (χ1v) is 4.72. The van der Waals surface area contributed by atoms with Gasteiger partial charge >= 0.3 is 0 Å². The summed E-state index contributed by atoms with van der Waals surface area (Å²) in [7, 11) is 0.408. The molecule has 2 heteroatoms. The third-order valence-electron chi connectivity index (χ3n) is 1.49. The number of rotatable bonds is 1. The first-order valence-electron chi connectivity index (χ1n) is 2.38. The minimum absolute atomic E-state index is 0.408. The molecule has 0 aromatic carbocycles. The summed E-state index contributed by atoms with van der Waals surface area (Å²) in [6.45, 7) is 2.34. The zero-order chi connectivity index (χ0) is 4.62. The average molecular weight is 118 g/mol. The predicted octanol–water partition coefficient (Wildman–Crippen LogP) is 0.695. The molecular weight excluding hydrogens is 108 g/mol. The van der Waals surface area contributed by atoms with Gasteiger partial charge in [-0.05, 0) is 10.8 Å². The van der Waals surface area contributed by atoms with Crippen LogP contribution in [0.1, 0.15) is 6.92 Å². The normalized spacial score (nSPS) is 47.0. The Labute approximate surface area is 46.6 Å². The van der Waals surface area contributed by atoms with Crippen molar-refractivity contribution in [2.24, 2.45) is 0 Å². The summed E-state index contributed by atoms with van der Waals surface area (Å²) in [6, 6.07) is 1.54. The Bertz CT molecular complexity index is 58.6. The van der Waals surface area contributed by atoms with Crippen LogP contribution >= 0.6 is 12.6 Å². The molecule has 1 fully saturated rings. The Morgan fingerprint density at radius 3 is 2.50 bits per heavy atom. The molecule has 1 heterocycles. The molecule has 0 N–H and O–H groups in total. The molecule has 0 spiro atoms. The highest BCUT2D eigenvalue weighted by Gasteiger charge is 2.35. The summed E-state index contributed by atoms with van der Waals surface area (Å²) >= 11 is 4.20. The minimum atomic E-state index is 0.408. The van der Waals surface area contributed by atoms with Crippen molar-refractivity contribution in [3.05, 3.63) is 0 Å². The highest BCUT2D eigenvalue weighted by molar-refractivity contribution is 7.80. The molecule has 1 rings (SSSR count). The first kappa shape index (κ1) is 4.72. The topological polar surface area (TPSA) is 0 Å². The second-order valence-corrected chi connectivity index (χ2v) is 5.49. The molecule has 0 saturated carbocycles. The van der Waals surface area contributed by atoms with Crippen molar-refractivity contribution in [3.8, 4) is 0 Å². The van der Waals surface area contributed by atoms with Gasteiger partial charge in [0.2, 0.25) is 0 Å². The predicted molar refractivity (Wildman–Crippen MR) is 35.6 cm³/mol. The molecule has 1 aliphatic heterocycles. The van der Waals surface area contributed by atoms with Crippen molar-refractivity contribution in [2.75, 3.05) is 5.75 Å². The Hall–Kier alpha value is 0.567. The van der Waals surface area contributed by atoms with Gasteiger partial charge in [-0.1, -0.05) is 13.0 Å². The molecule has 1 saturated heterocycles. The van der Waals surface area contributed by atoms with Gasteiger partial charge in [-0.2, -0.15) is 12.6 Å². The second kappa shape index (κ2) is 1.27. The highest BCUT2D eigenvalue weighted by Crippen LogP contribution is 2.45. The Kier molecular flexibility index (Phi) is 0.998. The lowest BCUT2D eigenvalue weighted by atomic mass is 10.3. The number of hydrogen-bond donors (Lipinski definition) is 1. The van der Waals surface area contributed by atoms with E-state index in [1.54, 1.807) is 0 Å². The summed E-state index contributed by atoms with van der Waals surface area (Å²) in [5.41, 5.74) is 0. The van der Waals surface area contributed by atoms with E-state index in [1.807, 2.05) is 0 Å². The fourth-order valence-electron chi connectivity index (χ4n) is 0.372. The van der Waals surface area contributed by atoms with Gasteiger partial charge in [0, 0.05) is 9.52 Å². The molecule has 0 amide bonds. The van der Waals surface area contributed by atoms with Crippen LogP contribution in [0, 0.1) is 0 Å². The molecule has 1 atom stereocenters. The van der Waals surface area contributed by atoms with Crippen LogP contribution in [-0.4, -0.2) is 15.3 Å². The van der Waals surface area contributed by atoms with Crippen molar-refractivity contribution < 1.29 is 0 Å². The van der Waals surface area contributed by atoms with E-state index in [2.05, 4.69) is 19.6 Å². The van der Waals surface area contributed by atoms with Gasteiger partial charge in [-0.15, -0.1) is 0 Å². The third kappa shape index (κ3) is 0.792. The highest BCUT2D eigenvalue weighted by atomic mass is 32.1. The fraction of sp³-hybridized carbons (Fsp3) is 1.00. The largest absolute Gasteiger partial charge is 0.179 e. The molecule has 1 aliphatic rings. The Morgan fingerprint density at radius 2 is 2.50 bits per heavy atom. The second-order valence-electron chi connectivity index (χ2n) is 2.47. The third-order valence-corrected chi connectivity index (χ3v) is 5.13. The van der Waals surface area contributed by atoms with Gasteiger partial charge in [-0.25, -0.2) is 0 Å². The number of hydrogen-bond acceptors (Lipinski definition) is 1. The lowest BCUT2D eigenvalue weighted by molar-refractivity contribution is 0.891. The molecule has 0 bridgehead atoms. The van der Waals surface area contributed by atoms with Crippen LogP contribution in [0.5, 0.6) is 0 Å². The molecule has 0 aromatic heterocycles. The van der Waals surface area contributed by atoms with Crippen LogP contribution < -0.4 is 0 Å². The van der Waals surface area contributed by atoms with Crippen LogP contribution in [0.25, 0.3) is 0 Å². The number of thiol groups is 1. The summed E-state index contributed by atoms with van der Waals surface area (Å²) in [6.07, 6.45) is 0. The fourth-order valence-corrected chi connectivity index (χ4v) is 2.06. The average Bonchev–Trinajstić information content (AvgIpc) is 2.22. The van der Waals surface area contributed by atoms with Gasteiger partial charge < -0.3 is 0 Å². The maximum absolute atomic E-state index is 4.20. The first-order chi connectivity index (χ1) is 2.77. The van der Waals surface area contributed by atoms with Crippen LogP contribution in [0.4, 0.5) is 0 Å². The Morgan fingerprint density at radius 1 is 2.00 bits per heavy atom. The minimum Gasteiger partial charge on any atom is -0.179 e. The summed E-state index contributed by atoms with van der Waals surface area (Å²) in [5, 5.41) is 0.795. The standard InChI is InChI=1S/C4H10SSi/c1-4(2-5)3-6-4/h5H,2-3,6H2,1H3. The maximum atomic E-state index is 4.20. The zero-order valence-electron chi connectivity index (χ0n) is 4.07. The summed E-state index contributed by atoms with van der Waals surface area (Å²) in [5.74, 6) is 1.14. The molecule has 0 aliphatic carbocycles. The smallest absolute Gasteiger partial charge is 0.0276 e. The molecular formula is C4H10SSi. The van der Waals surface area contributed by atoms with E-state index in [1.165, 1.54) is 6.04 Å². The van der Waals surface area contributed by atoms with E-state index in [4.69, 9.17) is 0 Å². The lowest BCUT2D eigenvalue weighted by Crippen LogP contribution is -1.85. The van der Waals surface area contributed by atoms with E-state index < -0.39 is 0 Å². The maximum Gasteiger partial charge on any atom is 0.0276 e. The van der Waals surface area contributed by atoms with E-state index in [-0.39, 0.29) is 0 Å². The lowest BCUT2D eigenvalue weighted by Gasteiger charge is -1.96. The van der Waals surface area contributed by atoms with E-state index in [0.29, 0.717) is 9.52 Å². The van der Waals surface area contributed by atoms with Crippen molar-refractivity contribution in [1.82, 2.24) is 0 Å². The van der Waals surface area contributed by atoms with Crippen LogP contribution in [-0.2, 0) is 0 Å². The molecule has 0 aromatic rings. The van der Waals surface area contributed by atoms with Crippen LogP contribution in [0.15, 0.2) is 0 Å².